The Morgan fingerprint density at radius 3 is 2.24 bits per heavy atom. The van der Waals surface area contributed by atoms with Gasteiger partial charge in [0.2, 0.25) is 0 Å². The van der Waals surface area contributed by atoms with Gasteiger partial charge in [0, 0.05) is 24.1 Å². The molecule has 0 bridgehead atoms. The highest BCUT2D eigenvalue weighted by Crippen LogP contribution is 2.15. The Kier molecular flexibility index (Phi) is 4.97. The van der Waals surface area contributed by atoms with Gasteiger partial charge < -0.3 is 0 Å². The van der Waals surface area contributed by atoms with Gasteiger partial charge in [0.25, 0.3) is 0 Å². The van der Waals surface area contributed by atoms with Gasteiger partial charge in [-0.2, -0.15) is 12.7 Å². The molecule has 0 aromatic heterocycles. The lowest BCUT2D eigenvalue weighted by atomic mass is 10.2. The molecule has 96 valence electrons. The Morgan fingerprint density at radius 1 is 1.29 bits per heavy atom. The van der Waals surface area contributed by atoms with E-state index in [0.717, 1.165) is 10.9 Å². The predicted octanol–water partition coefficient (Wildman–Crippen LogP) is 2.58. The maximum absolute atomic E-state index is 11.9. The number of hydrogen-bond acceptors (Lipinski definition) is 2. The lowest BCUT2D eigenvalue weighted by Crippen LogP contribution is -2.37. The van der Waals surface area contributed by atoms with Crippen molar-refractivity contribution in [2.75, 3.05) is 11.8 Å². The summed E-state index contributed by atoms with van der Waals surface area (Å²) in [5, 5.41) is 0.756. The maximum Gasteiger partial charge on any atom is 0.301 e. The van der Waals surface area contributed by atoms with Crippen LogP contribution in [0.15, 0.2) is 24.3 Å². The molecule has 0 unspecified atom stereocenters. The zero-order valence-corrected chi connectivity index (χ0v) is 12.5. The number of halogens is 1. The largest absolute Gasteiger partial charge is 0.301 e. The molecule has 0 atom stereocenters. The van der Waals surface area contributed by atoms with Crippen molar-refractivity contribution < 1.29 is 8.42 Å². The summed E-state index contributed by atoms with van der Waals surface area (Å²) < 4.78 is 27.6. The molecule has 0 heterocycles. The van der Waals surface area contributed by atoms with Crippen LogP contribution in [0.1, 0.15) is 19.4 Å². The molecule has 0 aliphatic carbocycles. The van der Waals surface area contributed by atoms with Gasteiger partial charge in [-0.3, -0.25) is 4.72 Å². The van der Waals surface area contributed by atoms with Crippen LogP contribution in [0.3, 0.4) is 0 Å². The molecule has 0 amide bonds. The van der Waals surface area contributed by atoms with E-state index >= 15 is 0 Å². The number of alkyl halides is 1. The van der Waals surface area contributed by atoms with Crippen LogP contribution in [0.2, 0.25) is 0 Å². The van der Waals surface area contributed by atoms with Gasteiger partial charge in [-0.1, -0.05) is 28.1 Å². The lowest BCUT2D eigenvalue weighted by molar-refractivity contribution is 0.414. The lowest BCUT2D eigenvalue weighted by Gasteiger charge is -2.21. The molecule has 0 saturated carbocycles. The van der Waals surface area contributed by atoms with E-state index in [1.165, 1.54) is 4.31 Å². The second-order valence-corrected chi connectivity index (χ2v) is 6.34. The molecule has 0 radical (unpaired) electrons. The monoisotopic (exact) mass is 320 g/mol. The molecule has 6 heteroatoms. The molecule has 1 aromatic rings. The summed E-state index contributed by atoms with van der Waals surface area (Å²) in [5.41, 5.74) is 1.67. The molecule has 0 spiro atoms. The van der Waals surface area contributed by atoms with Crippen molar-refractivity contribution >= 4 is 31.8 Å². The van der Waals surface area contributed by atoms with E-state index in [0.29, 0.717) is 5.69 Å². The Bertz CT molecular complexity index is 457. The van der Waals surface area contributed by atoms with Crippen molar-refractivity contribution in [2.24, 2.45) is 0 Å². The molecule has 0 saturated heterocycles. The van der Waals surface area contributed by atoms with Gasteiger partial charge in [0.05, 0.1) is 0 Å². The van der Waals surface area contributed by atoms with E-state index < -0.39 is 10.2 Å². The minimum atomic E-state index is -3.46. The first kappa shape index (κ1) is 14.5. The van der Waals surface area contributed by atoms with Crippen LogP contribution in [0.25, 0.3) is 0 Å². The first-order chi connectivity index (χ1) is 7.86. The number of rotatable bonds is 5. The smallest absolute Gasteiger partial charge is 0.271 e. The summed E-state index contributed by atoms with van der Waals surface area (Å²) in [4.78, 5) is 0. The maximum atomic E-state index is 11.9. The molecular weight excluding hydrogens is 304 g/mol. The summed E-state index contributed by atoms with van der Waals surface area (Å²) in [6.45, 7) is 3.65. The summed E-state index contributed by atoms with van der Waals surface area (Å²) in [5.74, 6) is 0. The van der Waals surface area contributed by atoms with E-state index in [9.17, 15) is 8.42 Å². The SMILES string of the molecule is CC(C)N(C)S(=O)(=O)Nc1ccc(CBr)cc1. The summed E-state index contributed by atoms with van der Waals surface area (Å²) in [6, 6.07) is 7.18. The van der Waals surface area contributed by atoms with Crippen molar-refractivity contribution in [3.8, 4) is 0 Å². The number of nitrogens with zero attached hydrogens (tertiary/aromatic N) is 1. The molecule has 0 aliphatic rings. The summed E-state index contributed by atoms with van der Waals surface area (Å²) in [7, 11) is -1.91. The van der Waals surface area contributed by atoms with Crippen LogP contribution in [0, 0.1) is 0 Å². The predicted molar refractivity (Wildman–Crippen MR) is 74.5 cm³/mol. The zero-order chi connectivity index (χ0) is 13.1. The van der Waals surface area contributed by atoms with E-state index in [4.69, 9.17) is 0 Å². The van der Waals surface area contributed by atoms with Crippen LogP contribution in [0.4, 0.5) is 5.69 Å². The highest BCUT2D eigenvalue weighted by atomic mass is 79.9. The fraction of sp³-hybridized carbons (Fsp3) is 0.455. The molecule has 1 rings (SSSR count). The Morgan fingerprint density at radius 2 is 1.82 bits per heavy atom. The van der Waals surface area contributed by atoms with Crippen LogP contribution in [-0.4, -0.2) is 25.8 Å². The fourth-order valence-electron chi connectivity index (χ4n) is 1.16. The quantitative estimate of drug-likeness (QED) is 0.848. The molecule has 0 aliphatic heterocycles. The van der Waals surface area contributed by atoms with Crippen LogP contribution < -0.4 is 4.72 Å². The van der Waals surface area contributed by atoms with Gasteiger partial charge in [0.15, 0.2) is 0 Å². The molecule has 4 nitrogen and oxygen atoms in total. The molecule has 1 N–H and O–H groups in total. The van der Waals surface area contributed by atoms with Crippen molar-refractivity contribution in [3.05, 3.63) is 29.8 Å². The van der Waals surface area contributed by atoms with E-state index in [1.54, 1.807) is 19.2 Å². The average molecular weight is 321 g/mol. The molecule has 1 aromatic carbocycles. The average Bonchev–Trinajstić information content (AvgIpc) is 2.28. The third-order valence-electron chi connectivity index (χ3n) is 2.46. The van der Waals surface area contributed by atoms with Gasteiger partial charge in [-0.25, -0.2) is 0 Å². The zero-order valence-electron chi connectivity index (χ0n) is 10.1. The number of hydrogen-bond donors (Lipinski definition) is 1. The third kappa shape index (κ3) is 3.97. The van der Waals surface area contributed by atoms with Gasteiger partial charge in [-0.15, -0.1) is 0 Å². The van der Waals surface area contributed by atoms with Crippen molar-refractivity contribution in [1.29, 1.82) is 0 Å². The first-order valence-electron chi connectivity index (χ1n) is 5.27. The Labute approximate surface area is 111 Å². The van der Waals surface area contributed by atoms with Crippen LogP contribution in [-0.2, 0) is 15.5 Å². The van der Waals surface area contributed by atoms with E-state index in [-0.39, 0.29) is 6.04 Å². The minimum Gasteiger partial charge on any atom is -0.271 e. The molecule has 0 fully saturated rings. The van der Waals surface area contributed by atoms with Crippen molar-refractivity contribution in [2.45, 2.75) is 25.2 Å². The van der Waals surface area contributed by atoms with Crippen molar-refractivity contribution in [1.82, 2.24) is 4.31 Å². The number of benzene rings is 1. The van der Waals surface area contributed by atoms with Gasteiger partial charge in [-0.05, 0) is 31.5 Å². The van der Waals surface area contributed by atoms with Gasteiger partial charge in [0.1, 0.15) is 0 Å². The third-order valence-corrected chi connectivity index (χ3v) is 4.78. The van der Waals surface area contributed by atoms with E-state index in [1.807, 2.05) is 26.0 Å². The Hall–Kier alpha value is -0.590. The van der Waals surface area contributed by atoms with Gasteiger partial charge >= 0.3 is 10.2 Å². The minimum absolute atomic E-state index is 0.0747. The van der Waals surface area contributed by atoms with E-state index in [2.05, 4.69) is 20.7 Å². The number of nitrogens with one attached hydrogen (secondary N) is 1. The molecule has 17 heavy (non-hydrogen) atoms. The fourth-order valence-corrected chi connectivity index (χ4v) is 2.67. The normalized spacial score (nSPS) is 12.1. The summed E-state index contributed by atoms with van der Waals surface area (Å²) >= 11 is 3.34. The first-order valence-corrected chi connectivity index (χ1v) is 7.83. The standard InChI is InChI=1S/C11H17BrN2O2S/c1-9(2)14(3)17(15,16)13-11-6-4-10(8-12)5-7-11/h4-7,9,13H,8H2,1-3H3. The second-order valence-electron chi connectivity index (χ2n) is 4.05. The highest BCUT2D eigenvalue weighted by molar-refractivity contribution is 9.08. The highest BCUT2D eigenvalue weighted by Gasteiger charge is 2.19. The van der Waals surface area contributed by atoms with Crippen LogP contribution >= 0.6 is 15.9 Å². The Balaban J connectivity index is 2.83. The molecular formula is C11H17BrN2O2S. The van der Waals surface area contributed by atoms with Crippen LogP contribution in [0.5, 0.6) is 0 Å². The summed E-state index contributed by atoms with van der Waals surface area (Å²) in [6.07, 6.45) is 0. The number of anilines is 1. The second kappa shape index (κ2) is 5.84. The van der Waals surface area contributed by atoms with Crippen molar-refractivity contribution in [3.63, 3.8) is 0 Å². The topological polar surface area (TPSA) is 49.4 Å².